The van der Waals surface area contributed by atoms with E-state index in [1.807, 2.05) is 20.8 Å². The van der Waals surface area contributed by atoms with Gasteiger partial charge in [-0.3, -0.25) is 88.3 Å². The minimum Gasteiger partial charge on any atom is -0.480 e. The van der Waals surface area contributed by atoms with Gasteiger partial charge in [0.15, 0.2) is 24.2 Å². The van der Waals surface area contributed by atoms with E-state index in [0.29, 0.717) is 46.9 Å². The molecule has 43 nitrogen and oxygen atoms in total. The largest absolute Gasteiger partial charge is 0.480 e. The smallest absolute Gasteiger partial charge is 0.326 e. The third kappa shape index (κ3) is 39.8. The first-order valence-corrected chi connectivity index (χ1v) is 45.1. The molecule has 1 fully saturated rings. The maximum atomic E-state index is 15.3. The van der Waals surface area contributed by atoms with Crippen LogP contribution in [0.15, 0.2) is 85.1 Å². The Balaban J connectivity index is 1.43. The molecule has 1 unspecified atom stereocenters. The summed E-state index contributed by atoms with van der Waals surface area (Å²) in [5.41, 5.74) is 37.4. The van der Waals surface area contributed by atoms with Crippen molar-refractivity contribution in [2.45, 2.75) is 248 Å². The quantitative estimate of drug-likeness (QED) is 0.00565. The average Bonchev–Trinajstić information content (AvgIpc) is 1.71. The number of benzene rings is 3. The van der Waals surface area contributed by atoms with Gasteiger partial charge in [0, 0.05) is 93.2 Å². The summed E-state index contributed by atoms with van der Waals surface area (Å²) in [5, 5.41) is 85.9. The molecule has 0 spiro atoms. The molecule has 0 bridgehead atoms. The summed E-state index contributed by atoms with van der Waals surface area (Å²) in [4.78, 5) is 216. The zero-order valence-electron chi connectivity index (χ0n) is 75.1. The molecule has 0 radical (unpaired) electrons. The van der Waals surface area contributed by atoms with Crippen LogP contribution in [-0.4, -0.2) is 249 Å². The van der Waals surface area contributed by atoms with Gasteiger partial charge >= 0.3 is 11.9 Å². The van der Waals surface area contributed by atoms with E-state index in [0.717, 1.165) is 16.7 Å². The number of esters is 1. The first-order chi connectivity index (χ1) is 62.1. The standard InChI is InChI=1S/C87H134N24O19S/c1-7-50(6)71(90)80(123)109-64(43-51-20-10-8-11-21-51)77(120)107-62(40-48(2)3)75(118)106-63(41-49(4)5)76(119)108-65(44-54-46-101-57-23-14-13-22-55(54)57)78(121)104-60(32-33-68(89)112)74(117)102-59(25-17-35-99-86(93)94)73(116)110-66(79(122)103-58(24-16-34-98-85(91)92)72(115)105-61(83(127)128)26-18-36-100-87(95)96)47-131-67-45-70(114)111(81(67)124)38-15-9-12-27-69(113)97-37-19-39-130-84(129)56(88)42-52-28-30-53(31-29-52)82(125)126/h8,10-11,13-14,20-23,28-31,46,48-50,56,58-67,71,82,101,125-126H,7,9,12,15-19,24-27,32-45,47,88,90H2,1-6H3,(H2,89,112)(H,97,113)(H,102,117)(H,103,122)(H,104,121)(H,105,115)(H,106,118)(H,107,120)(H,108,119)(H,109,123)(H,110,116)(H,127,128)(H4,91,92,98)(H4,93,94,99)(H4,95,96,100)/t50-,56-,58-,59-,60-,61-,62-,63-,64-,65-,66-,67?,71-/m0/s1. The first-order valence-electron chi connectivity index (χ1n) is 44.1. The van der Waals surface area contributed by atoms with Crippen molar-refractivity contribution in [3.05, 3.63) is 107 Å². The highest BCUT2D eigenvalue weighted by Crippen LogP contribution is 2.28. The van der Waals surface area contributed by atoms with Crippen molar-refractivity contribution in [2.75, 3.05) is 45.1 Å². The molecule has 1 aromatic heterocycles. The lowest BCUT2D eigenvalue weighted by atomic mass is 9.97. The minimum atomic E-state index is -1.80. The van der Waals surface area contributed by atoms with E-state index in [-0.39, 0.29) is 165 Å². The maximum Gasteiger partial charge on any atom is 0.326 e. The zero-order chi connectivity index (χ0) is 97.0. The highest BCUT2D eigenvalue weighted by molar-refractivity contribution is 8.00. The summed E-state index contributed by atoms with van der Waals surface area (Å²) in [6.45, 7) is 10.8. The second-order valence-electron chi connectivity index (χ2n) is 33.3. The van der Waals surface area contributed by atoms with Gasteiger partial charge in [0.1, 0.15) is 60.4 Å². The zero-order valence-corrected chi connectivity index (χ0v) is 75.9. The van der Waals surface area contributed by atoms with Crippen molar-refractivity contribution in [3.63, 3.8) is 0 Å². The van der Waals surface area contributed by atoms with Crippen LogP contribution in [-0.2, 0) is 95.9 Å². The number of aliphatic hydroxyl groups is 2. The fourth-order valence-electron chi connectivity index (χ4n) is 14.1. The van der Waals surface area contributed by atoms with Crippen LogP contribution >= 0.6 is 11.8 Å². The molecule has 13 amide bonds. The molecule has 1 aliphatic heterocycles. The molecule has 4 aromatic rings. The molecule has 2 heterocycles. The van der Waals surface area contributed by atoms with Crippen molar-refractivity contribution < 1.29 is 92.0 Å². The first kappa shape index (κ1) is 109. The Hall–Kier alpha value is -12.5. The summed E-state index contributed by atoms with van der Waals surface area (Å²) < 4.78 is 5.27. The van der Waals surface area contributed by atoms with Crippen molar-refractivity contribution in [3.8, 4) is 0 Å². The Morgan fingerprint density at radius 2 is 0.954 bits per heavy atom. The topological polar surface area (TPSA) is 729 Å². The van der Waals surface area contributed by atoms with E-state index < -0.39 is 197 Å². The van der Waals surface area contributed by atoms with Crippen molar-refractivity contribution in [2.24, 2.45) is 52.2 Å². The molecule has 13 atom stereocenters. The van der Waals surface area contributed by atoms with E-state index >= 15 is 24.0 Å². The summed E-state index contributed by atoms with van der Waals surface area (Å²) in [6.07, 6.45) is -0.490. The Bertz CT molecular complexity index is 4500. The van der Waals surface area contributed by atoms with Crippen LogP contribution in [0.4, 0.5) is 0 Å². The average molecular weight is 1850 g/mol. The lowest BCUT2D eigenvalue weighted by Crippen LogP contribution is -2.61. The summed E-state index contributed by atoms with van der Waals surface area (Å²) in [5.74, 6) is -15.7. The number of carbonyl (C=O) groups excluding carboxylic acids is 14. The van der Waals surface area contributed by atoms with Crippen LogP contribution in [0.5, 0.6) is 0 Å². The molecule has 722 valence electrons. The predicted molar refractivity (Wildman–Crippen MR) is 489 cm³/mol. The summed E-state index contributed by atoms with van der Waals surface area (Å²) in [7, 11) is 0. The van der Waals surface area contributed by atoms with Gasteiger partial charge in [-0.15, -0.1) is 11.8 Å². The molecule has 5 rings (SSSR count). The second kappa shape index (κ2) is 56.8. The monoisotopic (exact) mass is 1850 g/mol. The number of amides is 13. The number of ether oxygens (including phenoxy) is 1. The molecule has 3 aromatic carbocycles. The third-order valence-corrected chi connectivity index (χ3v) is 22.8. The number of aliphatic hydroxyl groups excluding tert-OH is 1. The number of aliphatic carboxylic acids is 1. The number of hydrogen-bond acceptors (Lipinski definition) is 24. The number of carboxylic acids is 1. The van der Waals surface area contributed by atoms with Crippen LogP contribution in [0.2, 0.25) is 0 Å². The van der Waals surface area contributed by atoms with Crippen LogP contribution in [0, 0.1) is 34.0 Å². The number of nitrogens with zero attached hydrogens (tertiary/aromatic N) is 1. The Morgan fingerprint density at radius 3 is 1.47 bits per heavy atom. The lowest BCUT2D eigenvalue weighted by Gasteiger charge is -2.29. The van der Waals surface area contributed by atoms with Gasteiger partial charge in [-0.05, 0) is 124 Å². The molecule has 1 aliphatic rings. The Labute approximate surface area is 765 Å². The van der Waals surface area contributed by atoms with E-state index in [4.69, 9.17) is 55.4 Å². The maximum absolute atomic E-state index is 15.3. The Morgan fingerprint density at radius 1 is 0.504 bits per heavy atom. The third-order valence-electron chi connectivity index (χ3n) is 21.5. The van der Waals surface area contributed by atoms with Crippen molar-refractivity contribution in [1.82, 2.24) is 79.0 Å². The molecule has 1 saturated heterocycles. The number of fused-ring (bicyclic) bond motifs is 1. The van der Waals surface area contributed by atoms with Crippen LogP contribution in [0.25, 0.3) is 10.9 Å². The number of H-pyrrole nitrogens is 1. The molecular formula is C87H134N24O19S. The normalized spacial score (nSPS) is 15.2. The number of carboxylic acid groups (broad SMARTS) is 1. The number of carbonyl (C=O) groups is 15. The number of primary amides is 1. The minimum absolute atomic E-state index is 0.00464. The molecule has 131 heavy (non-hydrogen) atoms. The molecule has 32 N–H and O–H groups in total. The van der Waals surface area contributed by atoms with E-state index in [9.17, 15) is 63.3 Å². The second-order valence-corrected chi connectivity index (χ2v) is 34.5. The number of guanidine groups is 3. The number of aromatic amines is 1. The van der Waals surface area contributed by atoms with Gasteiger partial charge in [0.25, 0.3) is 0 Å². The number of hydrogen-bond donors (Lipinski definition) is 26. The summed E-state index contributed by atoms with van der Waals surface area (Å²) >= 11 is 0.772. The van der Waals surface area contributed by atoms with E-state index in [2.05, 4.69) is 74.1 Å². The van der Waals surface area contributed by atoms with Gasteiger partial charge < -0.3 is 129 Å². The lowest BCUT2D eigenvalue weighted by molar-refractivity contribution is -0.145. The van der Waals surface area contributed by atoms with Crippen molar-refractivity contribution in [1.29, 1.82) is 16.2 Å². The SMILES string of the molecule is CC[C@H](C)[C@H](N)C(=O)N[C@@H](Cc1ccccc1)C(=O)N[C@@H](CC(C)C)C(=O)N[C@@H](CC(C)C)C(=O)N[C@@H](Cc1c[nH]c2ccccc12)C(=O)N[C@@H](CCC(N)=O)C(=O)N[C@@H](CCCNC(=N)N)C(=O)N[C@@H](CSC1CC(=O)N(CCCCCC(=O)NCCCOC(=O)[C@@H](N)Cc2ccc(C(O)O)cc2)C1=O)C(=O)N[C@@H](CCCNC(=N)N)C(=O)N[C@@H](CCCNC(=N)N)C(=O)O. The number of thioether (sulfide) groups is 1. The number of unbranched alkanes of at least 4 members (excludes halogenated alkanes) is 2. The number of likely N-dealkylation sites (tertiary alicyclic amines) is 1. The number of nitrogens with one attached hydrogen (secondary N) is 17. The highest BCUT2D eigenvalue weighted by atomic mass is 32.2. The fourth-order valence-corrected chi connectivity index (χ4v) is 15.3. The van der Waals surface area contributed by atoms with E-state index in [1.165, 1.54) is 12.1 Å². The van der Waals surface area contributed by atoms with Crippen LogP contribution < -0.4 is 104 Å². The number of nitrogens with two attached hydrogens (primary N) is 6. The molecule has 44 heteroatoms. The highest BCUT2D eigenvalue weighted by Gasteiger charge is 2.42. The number of imide groups is 1. The van der Waals surface area contributed by atoms with Crippen LogP contribution in [0.1, 0.15) is 179 Å². The fraction of sp³-hybridized carbons (Fsp3) is 0.563. The molecule has 0 saturated carbocycles. The number of aromatic nitrogens is 1. The summed E-state index contributed by atoms with van der Waals surface area (Å²) in [6, 6.07) is 6.13. The molecular weight excluding hydrogens is 1720 g/mol. The van der Waals surface area contributed by atoms with Gasteiger partial charge in [0.05, 0.1) is 17.9 Å². The number of rotatable bonds is 61. The van der Waals surface area contributed by atoms with E-state index in [1.54, 1.807) is 93.7 Å². The predicted octanol–water partition coefficient (Wildman–Crippen LogP) is -2.05. The molecule has 0 aliphatic carbocycles. The van der Waals surface area contributed by atoms with Gasteiger partial charge in [-0.1, -0.05) is 127 Å². The van der Waals surface area contributed by atoms with Gasteiger partial charge in [-0.25, -0.2) is 4.79 Å². The van der Waals surface area contributed by atoms with Crippen molar-refractivity contribution >= 4 is 129 Å². The van der Waals surface area contributed by atoms with Gasteiger partial charge in [0.2, 0.25) is 76.8 Å². The van der Waals surface area contributed by atoms with Crippen LogP contribution in [0.3, 0.4) is 0 Å². The van der Waals surface area contributed by atoms with Gasteiger partial charge in [-0.2, -0.15) is 0 Å². The Kier molecular flexibility index (Phi) is 47.3. The number of para-hydroxylation sites is 1.